The van der Waals surface area contributed by atoms with Crippen LogP contribution in [0.3, 0.4) is 0 Å². The largest absolute Gasteiger partial charge is 0.460 e. The lowest BCUT2D eigenvalue weighted by atomic mass is 9.80. The molecule has 0 saturated heterocycles. The molecule has 0 spiro atoms. The van der Waals surface area contributed by atoms with E-state index in [2.05, 4.69) is 36.4 Å². The van der Waals surface area contributed by atoms with Crippen molar-refractivity contribution in [3.05, 3.63) is 108 Å². The van der Waals surface area contributed by atoms with Gasteiger partial charge in [0.2, 0.25) is 0 Å². The summed E-state index contributed by atoms with van der Waals surface area (Å²) in [6.07, 6.45) is 0.233. The first-order chi connectivity index (χ1) is 18.4. The molecule has 0 amide bonds. The van der Waals surface area contributed by atoms with Crippen molar-refractivity contribution in [2.24, 2.45) is 0 Å². The van der Waals surface area contributed by atoms with E-state index in [4.69, 9.17) is 23.7 Å². The fourth-order valence-corrected chi connectivity index (χ4v) is 4.11. The number of hydrogen-bond donors (Lipinski definition) is 0. The molecule has 204 valence electrons. The van der Waals surface area contributed by atoms with Gasteiger partial charge in [-0.15, -0.1) is 0 Å². The first-order valence-corrected chi connectivity index (χ1v) is 13.2. The summed E-state index contributed by atoms with van der Waals surface area (Å²) in [6.45, 7) is 8.47. The Morgan fingerprint density at radius 3 is 1.32 bits per heavy atom. The maximum atomic E-state index is 11.7. The maximum absolute atomic E-state index is 11.7. The van der Waals surface area contributed by atoms with Crippen LogP contribution in [0.4, 0.5) is 0 Å². The molecule has 0 N–H and O–H groups in total. The van der Waals surface area contributed by atoms with Gasteiger partial charge in [-0.25, -0.2) is 0 Å². The molecule has 0 bridgehead atoms. The highest BCUT2D eigenvalue weighted by atomic mass is 16.6. The lowest BCUT2D eigenvalue weighted by Gasteiger charge is -2.36. The molecule has 0 aromatic heterocycles. The molecule has 0 heterocycles. The summed E-state index contributed by atoms with van der Waals surface area (Å²) in [6, 6.07) is 30.9. The van der Waals surface area contributed by atoms with E-state index < -0.39 is 11.2 Å². The van der Waals surface area contributed by atoms with Crippen molar-refractivity contribution in [2.45, 2.75) is 38.4 Å². The number of hydrogen-bond acceptors (Lipinski definition) is 6. The highest BCUT2D eigenvalue weighted by Gasteiger charge is 2.37. The second kappa shape index (κ2) is 15.4. The van der Waals surface area contributed by atoms with E-state index in [0.717, 1.165) is 16.7 Å². The van der Waals surface area contributed by atoms with Gasteiger partial charge in [-0.05, 0) is 37.5 Å². The fourth-order valence-electron chi connectivity index (χ4n) is 4.11. The number of ether oxygens (including phenoxy) is 5. The van der Waals surface area contributed by atoms with Crippen molar-refractivity contribution >= 4 is 5.97 Å². The summed E-state index contributed by atoms with van der Waals surface area (Å²) >= 11 is 0. The molecule has 0 saturated carbocycles. The maximum Gasteiger partial charge on any atom is 0.308 e. The molecular formula is C32H40O6. The smallest absolute Gasteiger partial charge is 0.308 e. The van der Waals surface area contributed by atoms with Crippen LogP contribution in [0.1, 0.15) is 43.9 Å². The third-order valence-corrected chi connectivity index (χ3v) is 5.70. The van der Waals surface area contributed by atoms with Gasteiger partial charge in [0.1, 0.15) is 11.2 Å². The van der Waals surface area contributed by atoms with Gasteiger partial charge < -0.3 is 23.7 Å². The number of carbonyl (C=O) groups is 1. The van der Waals surface area contributed by atoms with Gasteiger partial charge in [-0.1, -0.05) is 91.0 Å². The Balaban J connectivity index is 1.43. The van der Waals surface area contributed by atoms with Crippen LogP contribution in [-0.4, -0.2) is 57.8 Å². The molecule has 38 heavy (non-hydrogen) atoms. The summed E-state index contributed by atoms with van der Waals surface area (Å²) < 4.78 is 28.7. The highest BCUT2D eigenvalue weighted by Crippen LogP contribution is 2.40. The van der Waals surface area contributed by atoms with Gasteiger partial charge in [0.15, 0.2) is 0 Å². The van der Waals surface area contributed by atoms with E-state index in [1.807, 2.05) is 75.4 Å². The van der Waals surface area contributed by atoms with Gasteiger partial charge in [0, 0.05) is 0 Å². The monoisotopic (exact) mass is 520 g/mol. The van der Waals surface area contributed by atoms with Gasteiger partial charge in [-0.3, -0.25) is 4.79 Å². The van der Waals surface area contributed by atoms with Crippen LogP contribution in [-0.2, 0) is 34.1 Å². The molecule has 3 rings (SSSR count). The SMILES string of the molecule is CC(C)(C)OC(=O)CCOCCOCCOCCOC(c1ccccc1)(c1ccccc1)c1ccccc1. The van der Waals surface area contributed by atoms with Crippen LogP contribution in [0.2, 0.25) is 0 Å². The molecule has 0 aliphatic rings. The van der Waals surface area contributed by atoms with E-state index in [1.54, 1.807) is 0 Å². The van der Waals surface area contributed by atoms with Gasteiger partial charge in [0.05, 0.1) is 52.7 Å². The number of carbonyl (C=O) groups excluding carboxylic acids is 1. The molecule has 3 aromatic rings. The van der Waals surface area contributed by atoms with E-state index in [9.17, 15) is 4.79 Å². The topological polar surface area (TPSA) is 63.2 Å². The molecular weight excluding hydrogens is 480 g/mol. The van der Waals surface area contributed by atoms with Crippen molar-refractivity contribution in [3.63, 3.8) is 0 Å². The molecule has 0 atom stereocenters. The van der Waals surface area contributed by atoms with Gasteiger partial charge in [0.25, 0.3) is 0 Å². The van der Waals surface area contributed by atoms with Crippen molar-refractivity contribution < 1.29 is 28.5 Å². The first kappa shape index (κ1) is 29.5. The van der Waals surface area contributed by atoms with E-state index >= 15 is 0 Å². The summed E-state index contributed by atoms with van der Waals surface area (Å²) in [5.41, 5.74) is 1.96. The molecule has 6 heteroatoms. The third kappa shape index (κ3) is 9.37. The van der Waals surface area contributed by atoms with Crippen molar-refractivity contribution in [3.8, 4) is 0 Å². The van der Waals surface area contributed by atoms with Crippen LogP contribution in [0.25, 0.3) is 0 Å². The second-order valence-corrected chi connectivity index (χ2v) is 9.80. The van der Waals surface area contributed by atoms with Crippen LogP contribution in [0.5, 0.6) is 0 Å². The van der Waals surface area contributed by atoms with Crippen LogP contribution in [0, 0.1) is 0 Å². The van der Waals surface area contributed by atoms with E-state index in [0.29, 0.717) is 46.2 Å². The third-order valence-electron chi connectivity index (χ3n) is 5.70. The standard InChI is InChI=1S/C32H40O6/c1-31(2,3)38-30(33)19-20-34-21-22-35-23-24-36-25-26-37-32(27-13-7-4-8-14-27,28-15-9-5-10-16-28)29-17-11-6-12-18-29/h4-18H,19-26H2,1-3H3. The van der Waals surface area contributed by atoms with Crippen molar-refractivity contribution in [1.29, 1.82) is 0 Å². The Morgan fingerprint density at radius 2 is 0.921 bits per heavy atom. The second-order valence-electron chi connectivity index (χ2n) is 9.80. The van der Waals surface area contributed by atoms with Gasteiger partial charge in [-0.2, -0.15) is 0 Å². The Labute approximate surface area is 226 Å². The molecule has 0 aliphatic carbocycles. The van der Waals surface area contributed by atoms with Crippen LogP contribution in [0.15, 0.2) is 91.0 Å². The Morgan fingerprint density at radius 1 is 0.553 bits per heavy atom. The summed E-state index contributed by atoms with van der Waals surface area (Å²) in [4.78, 5) is 11.7. The minimum Gasteiger partial charge on any atom is -0.460 e. The average Bonchev–Trinajstić information content (AvgIpc) is 2.92. The molecule has 3 aromatic carbocycles. The zero-order valence-electron chi connectivity index (χ0n) is 22.8. The average molecular weight is 521 g/mol. The molecule has 6 nitrogen and oxygen atoms in total. The quantitative estimate of drug-likeness (QED) is 0.136. The summed E-state index contributed by atoms with van der Waals surface area (Å²) in [7, 11) is 0. The van der Waals surface area contributed by atoms with Crippen LogP contribution >= 0.6 is 0 Å². The van der Waals surface area contributed by atoms with Crippen LogP contribution < -0.4 is 0 Å². The molecule has 0 unspecified atom stereocenters. The Bertz CT molecular complexity index is 951. The minimum atomic E-state index is -0.750. The lowest BCUT2D eigenvalue weighted by molar-refractivity contribution is -0.156. The molecule has 0 fully saturated rings. The van der Waals surface area contributed by atoms with Crippen molar-refractivity contribution in [2.75, 3.05) is 46.2 Å². The zero-order chi connectivity index (χ0) is 27.1. The number of rotatable bonds is 16. The Kier molecular flexibility index (Phi) is 12.0. The molecule has 0 radical (unpaired) electrons. The molecule has 0 aliphatic heterocycles. The number of benzene rings is 3. The summed E-state index contributed by atoms with van der Waals surface area (Å²) in [5, 5.41) is 0. The van der Waals surface area contributed by atoms with Crippen molar-refractivity contribution in [1.82, 2.24) is 0 Å². The highest BCUT2D eigenvalue weighted by molar-refractivity contribution is 5.69. The lowest BCUT2D eigenvalue weighted by Crippen LogP contribution is -2.34. The first-order valence-electron chi connectivity index (χ1n) is 13.2. The summed E-state index contributed by atoms with van der Waals surface area (Å²) in [5.74, 6) is -0.259. The predicted octanol–water partition coefficient (Wildman–Crippen LogP) is 5.78. The number of esters is 1. The van der Waals surface area contributed by atoms with E-state index in [1.165, 1.54) is 0 Å². The Hall–Kier alpha value is -3.03. The predicted molar refractivity (Wildman–Crippen MR) is 148 cm³/mol. The fraction of sp³-hybridized carbons (Fsp3) is 0.406. The minimum absolute atomic E-state index is 0.233. The van der Waals surface area contributed by atoms with E-state index in [-0.39, 0.29) is 12.4 Å². The normalized spacial score (nSPS) is 11.9. The zero-order valence-corrected chi connectivity index (χ0v) is 22.8. The van der Waals surface area contributed by atoms with Gasteiger partial charge >= 0.3 is 5.97 Å².